The van der Waals surface area contributed by atoms with Crippen LogP contribution in [0.2, 0.25) is 0 Å². The average molecular weight is 207 g/mol. The van der Waals surface area contributed by atoms with E-state index < -0.39 is 16.0 Å². The van der Waals surface area contributed by atoms with Gasteiger partial charge in [-0.2, -0.15) is 8.42 Å². The van der Waals surface area contributed by atoms with Crippen molar-refractivity contribution in [2.75, 3.05) is 0 Å². The average Bonchev–Trinajstić information content (AvgIpc) is 2.31. The topological polar surface area (TPSA) is 60.2 Å². The molecule has 0 spiro atoms. The number of hydrogen-bond donors (Lipinski definition) is 0. The normalized spacial score (nSPS) is 12.3. The minimum absolute atomic E-state index is 0.0722. The second-order valence-electron chi connectivity index (χ2n) is 3.05. The monoisotopic (exact) mass is 207 g/mol. The van der Waals surface area contributed by atoms with Crippen molar-refractivity contribution in [3.8, 4) is 0 Å². The van der Waals surface area contributed by atoms with Crippen LogP contribution in [0.1, 0.15) is 31.0 Å². The van der Waals surface area contributed by atoms with E-state index >= 15 is 0 Å². The molecule has 6 heteroatoms. The van der Waals surface area contributed by atoms with Crippen LogP contribution < -0.4 is 0 Å². The summed E-state index contributed by atoms with van der Waals surface area (Å²) in [4.78, 5) is 0. The predicted octanol–water partition coefficient (Wildman–Crippen LogP) is 1.60. The van der Waals surface area contributed by atoms with Gasteiger partial charge >= 0.3 is 10.2 Å². The molecule has 0 N–H and O–H groups in total. The molecule has 1 aromatic rings. The zero-order chi connectivity index (χ0) is 10.1. The molecule has 0 bridgehead atoms. The van der Waals surface area contributed by atoms with Crippen LogP contribution in [0, 0.1) is 0 Å². The number of nitrogens with zero attached hydrogens (tertiary/aromatic N) is 1. The van der Waals surface area contributed by atoms with Crippen LogP contribution in [0.3, 0.4) is 0 Å². The van der Waals surface area contributed by atoms with E-state index in [-0.39, 0.29) is 11.6 Å². The van der Waals surface area contributed by atoms with Gasteiger partial charge in [0.1, 0.15) is 17.7 Å². The molecule has 0 unspecified atom stereocenters. The Morgan fingerprint density at radius 1 is 1.62 bits per heavy atom. The Kier molecular flexibility index (Phi) is 2.70. The van der Waals surface area contributed by atoms with E-state index in [1.807, 2.05) is 13.8 Å². The van der Waals surface area contributed by atoms with Gasteiger partial charge in [-0.25, -0.2) is 0 Å². The van der Waals surface area contributed by atoms with Crippen molar-refractivity contribution < 1.29 is 16.8 Å². The molecule has 0 amide bonds. The van der Waals surface area contributed by atoms with Gasteiger partial charge in [-0.1, -0.05) is 19.0 Å². The summed E-state index contributed by atoms with van der Waals surface area (Å²) in [6, 6.07) is 0. The van der Waals surface area contributed by atoms with E-state index in [2.05, 4.69) is 9.68 Å². The number of aromatic nitrogens is 1. The molecule has 0 saturated heterocycles. The van der Waals surface area contributed by atoms with Crippen molar-refractivity contribution in [1.29, 1.82) is 0 Å². The molecule has 0 atom stereocenters. The van der Waals surface area contributed by atoms with Gasteiger partial charge in [0.2, 0.25) is 0 Å². The highest BCUT2D eigenvalue weighted by atomic mass is 32.3. The third-order valence-corrected chi connectivity index (χ3v) is 2.23. The summed E-state index contributed by atoms with van der Waals surface area (Å²) in [5.74, 6) is -0.639. The first-order valence-electron chi connectivity index (χ1n) is 3.75. The lowest BCUT2D eigenvalue weighted by molar-refractivity contribution is 0.412. The van der Waals surface area contributed by atoms with E-state index in [0.29, 0.717) is 5.56 Å². The largest absolute Gasteiger partial charge is 0.364 e. The standard InChI is InChI=1S/C7H10FNO3S/c1-5(2)6-3-12-9-7(6)4-13(8,10)11/h3,5H,4H2,1-2H3. The number of halogens is 1. The molecule has 0 aliphatic rings. The van der Waals surface area contributed by atoms with Crippen molar-refractivity contribution in [3.05, 3.63) is 17.5 Å². The zero-order valence-corrected chi connectivity index (χ0v) is 8.14. The molecule has 74 valence electrons. The molecule has 0 saturated carbocycles. The fourth-order valence-corrected chi connectivity index (χ4v) is 1.56. The van der Waals surface area contributed by atoms with Crippen LogP contribution >= 0.6 is 0 Å². The van der Waals surface area contributed by atoms with Gasteiger partial charge in [-0.15, -0.1) is 3.89 Å². The van der Waals surface area contributed by atoms with E-state index in [9.17, 15) is 12.3 Å². The summed E-state index contributed by atoms with van der Waals surface area (Å²) in [7, 11) is -4.53. The second-order valence-corrected chi connectivity index (χ2v) is 4.42. The molecule has 1 heterocycles. The van der Waals surface area contributed by atoms with Crippen LogP contribution in [-0.2, 0) is 16.0 Å². The van der Waals surface area contributed by atoms with Crippen LogP contribution in [0.15, 0.2) is 10.8 Å². The molecular formula is C7H10FNO3S. The van der Waals surface area contributed by atoms with Crippen molar-refractivity contribution in [1.82, 2.24) is 5.16 Å². The van der Waals surface area contributed by atoms with Crippen molar-refractivity contribution >= 4 is 10.2 Å². The van der Waals surface area contributed by atoms with Crippen LogP contribution in [0.4, 0.5) is 3.89 Å². The molecule has 1 rings (SSSR count). The van der Waals surface area contributed by atoms with Crippen LogP contribution in [0.25, 0.3) is 0 Å². The van der Waals surface area contributed by atoms with Gasteiger partial charge < -0.3 is 4.52 Å². The first kappa shape index (κ1) is 10.2. The minimum atomic E-state index is -4.53. The third kappa shape index (κ3) is 2.80. The van der Waals surface area contributed by atoms with Gasteiger partial charge in [0, 0.05) is 5.56 Å². The molecular weight excluding hydrogens is 197 g/mol. The summed E-state index contributed by atoms with van der Waals surface area (Å²) in [5, 5.41) is 3.43. The molecule has 0 fully saturated rings. The number of hydrogen-bond acceptors (Lipinski definition) is 4. The SMILES string of the molecule is CC(C)c1conc1CS(=O)(=O)F. The second kappa shape index (κ2) is 3.45. The lowest BCUT2D eigenvalue weighted by Crippen LogP contribution is -2.00. The maximum atomic E-state index is 12.3. The Morgan fingerprint density at radius 2 is 2.23 bits per heavy atom. The van der Waals surface area contributed by atoms with Crippen molar-refractivity contribution in [2.24, 2.45) is 0 Å². The fourth-order valence-electron chi connectivity index (χ4n) is 1.01. The Bertz CT molecular complexity index is 382. The van der Waals surface area contributed by atoms with E-state index in [4.69, 9.17) is 0 Å². The Morgan fingerprint density at radius 3 is 2.69 bits per heavy atom. The van der Waals surface area contributed by atoms with Gasteiger partial charge in [0.25, 0.3) is 0 Å². The van der Waals surface area contributed by atoms with E-state index in [0.717, 1.165) is 0 Å². The van der Waals surface area contributed by atoms with Crippen LogP contribution in [-0.4, -0.2) is 13.6 Å². The lowest BCUT2D eigenvalue weighted by Gasteiger charge is -2.00. The maximum absolute atomic E-state index is 12.3. The Labute approximate surface area is 75.9 Å². The first-order valence-corrected chi connectivity index (χ1v) is 5.31. The molecule has 4 nitrogen and oxygen atoms in total. The molecule has 1 aromatic heterocycles. The van der Waals surface area contributed by atoms with Gasteiger partial charge in [-0.3, -0.25) is 0 Å². The van der Waals surface area contributed by atoms with E-state index in [1.165, 1.54) is 6.26 Å². The first-order chi connectivity index (χ1) is 5.90. The summed E-state index contributed by atoms with van der Waals surface area (Å²) < 4.78 is 37.5. The molecule has 13 heavy (non-hydrogen) atoms. The molecule has 0 radical (unpaired) electrons. The maximum Gasteiger partial charge on any atom is 0.308 e. The highest BCUT2D eigenvalue weighted by molar-refractivity contribution is 7.85. The highest BCUT2D eigenvalue weighted by Crippen LogP contribution is 2.20. The summed E-state index contributed by atoms with van der Waals surface area (Å²) in [6.45, 7) is 3.70. The summed E-state index contributed by atoms with van der Waals surface area (Å²) in [6.07, 6.45) is 1.34. The Hall–Kier alpha value is -0.910. The molecule has 0 aliphatic heterocycles. The summed E-state index contributed by atoms with van der Waals surface area (Å²) >= 11 is 0. The smallest absolute Gasteiger partial charge is 0.308 e. The predicted molar refractivity (Wildman–Crippen MR) is 44.3 cm³/mol. The van der Waals surface area contributed by atoms with Gasteiger partial charge in [0.05, 0.1) is 0 Å². The fraction of sp³-hybridized carbons (Fsp3) is 0.571. The van der Waals surface area contributed by atoms with Crippen LogP contribution in [0.5, 0.6) is 0 Å². The van der Waals surface area contributed by atoms with Crippen molar-refractivity contribution in [2.45, 2.75) is 25.5 Å². The van der Waals surface area contributed by atoms with Gasteiger partial charge in [0.15, 0.2) is 0 Å². The number of rotatable bonds is 3. The molecule has 0 aromatic carbocycles. The Balaban J connectivity index is 2.96. The molecule has 0 aliphatic carbocycles. The minimum Gasteiger partial charge on any atom is -0.364 e. The van der Waals surface area contributed by atoms with Gasteiger partial charge in [-0.05, 0) is 5.92 Å². The lowest BCUT2D eigenvalue weighted by atomic mass is 10.1. The van der Waals surface area contributed by atoms with Crippen molar-refractivity contribution in [3.63, 3.8) is 0 Å². The van der Waals surface area contributed by atoms with E-state index in [1.54, 1.807) is 0 Å². The quantitative estimate of drug-likeness (QED) is 0.706. The zero-order valence-electron chi connectivity index (χ0n) is 7.32. The third-order valence-electron chi connectivity index (χ3n) is 1.61. The highest BCUT2D eigenvalue weighted by Gasteiger charge is 2.18. The summed E-state index contributed by atoms with van der Waals surface area (Å²) in [5.41, 5.74) is 0.777.